The van der Waals surface area contributed by atoms with Crippen LogP contribution >= 0.6 is 0 Å². The van der Waals surface area contributed by atoms with Gasteiger partial charge in [-0.2, -0.15) is 0 Å². The molecule has 0 saturated carbocycles. The molecular weight excluding hydrogens is 218 g/mol. The second-order valence-corrected chi connectivity index (χ2v) is 5.06. The van der Waals surface area contributed by atoms with Crippen LogP contribution in [0.5, 0.6) is 0 Å². The highest BCUT2D eigenvalue weighted by atomic mass is 16.7. The quantitative estimate of drug-likeness (QED) is 0.560. The monoisotopic (exact) mass is 241 g/mol. The third-order valence-electron chi connectivity index (χ3n) is 3.74. The number of nitrogens with zero attached hydrogens (tertiary/aromatic N) is 1. The van der Waals surface area contributed by atoms with Crippen LogP contribution in [0, 0.1) is 0 Å². The molecule has 0 aromatic carbocycles. The summed E-state index contributed by atoms with van der Waals surface area (Å²) < 4.78 is 10.4. The van der Waals surface area contributed by atoms with E-state index in [4.69, 9.17) is 9.47 Å². The molecule has 0 spiro atoms. The van der Waals surface area contributed by atoms with Crippen molar-refractivity contribution in [3.63, 3.8) is 0 Å². The van der Waals surface area contributed by atoms with E-state index < -0.39 is 6.16 Å². The normalized spacial score (nSPS) is 28.8. The average Bonchev–Trinajstić information content (AvgIpc) is 2.76. The Kier molecular flexibility index (Phi) is 4.66. The van der Waals surface area contributed by atoms with E-state index in [1.54, 1.807) is 0 Å². The Bertz CT molecular complexity index is 257. The average molecular weight is 241 g/mol. The maximum atomic E-state index is 11.4. The molecule has 2 heterocycles. The van der Waals surface area contributed by atoms with Crippen molar-refractivity contribution in [1.82, 2.24) is 4.90 Å². The van der Waals surface area contributed by atoms with Gasteiger partial charge in [0.1, 0.15) is 6.10 Å². The lowest BCUT2D eigenvalue weighted by molar-refractivity contribution is -0.0111. The number of carbonyl (C=O) groups excluding carboxylic acids is 1. The number of carbonyl (C=O) groups is 1. The number of fused-ring (bicyclic) bond motifs is 1. The number of rotatable bonds is 4. The molecule has 0 aromatic heterocycles. The summed E-state index contributed by atoms with van der Waals surface area (Å²) in [4.78, 5) is 13.9. The van der Waals surface area contributed by atoms with Crippen molar-refractivity contribution in [1.29, 1.82) is 0 Å². The largest absolute Gasteiger partial charge is 0.508 e. The maximum Gasteiger partial charge on any atom is 0.508 e. The zero-order chi connectivity index (χ0) is 12.1. The van der Waals surface area contributed by atoms with Crippen molar-refractivity contribution in [2.24, 2.45) is 0 Å². The number of piperidine rings is 1. The van der Waals surface area contributed by atoms with Crippen molar-refractivity contribution in [3.8, 4) is 0 Å². The van der Waals surface area contributed by atoms with Crippen molar-refractivity contribution in [2.75, 3.05) is 19.7 Å². The zero-order valence-electron chi connectivity index (χ0n) is 10.7. The van der Waals surface area contributed by atoms with Gasteiger partial charge in [-0.1, -0.05) is 13.3 Å². The molecule has 2 aliphatic rings. The molecule has 4 nitrogen and oxygen atoms in total. The summed E-state index contributed by atoms with van der Waals surface area (Å²) >= 11 is 0. The second kappa shape index (κ2) is 6.24. The minimum Gasteiger partial charge on any atom is -0.434 e. The Labute approximate surface area is 103 Å². The fourth-order valence-electron chi connectivity index (χ4n) is 2.76. The second-order valence-electron chi connectivity index (χ2n) is 5.06. The third kappa shape index (κ3) is 3.60. The first kappa shape index (κ1) is 12.7. The topological polar surface area (TPSA) is 38.8 Å². The van der Waals surface area contributed by atoms with Gasteiger partial charge >= 0.3 is 6.16 Å². The van der Waals surface area contributed by atoms with Gasteiger partial charge in [0, 0.05) is 12.6 Å². The molecule has 98 valence electrons. The van der Waals surface area contributed by atoms with Crippen LogP contribution in [-0.4, -0.2) is 42.9 Å². The first-order chi connectivity index (χ1) is 8.29. The van der Waals surface area contributed by atoms with Crippen LogP contribution in [0.15, 0.2) is 0 Å². The van der Waals surface area contributed by atoms with Crippen LogP contribution in [0.4, 0.5) is 4.79 Å². The van der Waals surface area contributed by atoms with Gasteiger partial charge in [0.25, 0.3) is 0 Å². The summed E-state index contributed by atoms with van der Waals surface area (Å²) in [5, 5.41) is 0. The molecular formula is C13H23NO3. The summed E-state index contributed by atoms with van der Waals surface area (Å²) in [5.41, 5.74) is 0. The molecule has 2 rings (SSSR count). The standard InChI is InChI=1S/C13H23NO3/c1-2-3-9-16-13(15)17-12-7-6-11-5-4-8-14(11)10-12/h11-12H,2-10H2,1H3. The molecule has 2 saturated heterocycles. The highest BCUT2D eigenvalue weighted by Gasteiger charge is 2.33. The zero-order valence-corrected chi connectivity index (χ0v) is 10.7. The highest BCUT2D eigenvalue weighted by molar-refractivity contribution is 5.60. The molecule has 2 atom stereocenters. The van der Waals surface area contributed by atoms with Crippen LogP contribution in [-0.2, 0) is 9.47 Å². The van der Waals surface area contributed by atoms with E-state index in [-0.39, 0.29) is 6.10 Å². The first-order valence-electron chi connectivity index (χ1n) is 6.87. The van der Waals surface area contributed by atoms with Gasteiger partial charge in [0.2, 0.25) is 0 Å². The highest BCUT2D eigenvalue weighted by Crippen LogP contribution is 2.27. The Morgan fingerprint density at radius 3 is 3.06 bits per heavy atom. The Hall–Kier alpha value is -0.770. The van der Waals surface area contributed by atoms with Gasteiger partial charge in [-0.15, -0.1) is 0 Å². The Morgan fingerprint density at radius 2 is 2.24 bits per heavy atom. The van der Waals surface area contributed by atoms with E-state index in [0.29, 0.717) is 6.61 Å². The van der Waals surface area contributed by atoms with E-state index in [0.717, 1.165) is 44.8 Å². The van der Waals surface area contributed by atoms with Crippen molar-refractivity contribution in [2.45, 2.75) is 57.6 Å². The van der Waals surface area contributed by atoms with Gasteiger partial charge in [-0.25, -0.2) is 4.79 Å². The molecule has 0 radical (unpaired) electrons. The number of hydrogen-bond acceptors (Lipinski definition) is 4. The Morgan fingerprint density at radius 1 is 1.35 bits per heavy atom. The van der Waals surface area contributed by atoms with Crippen LogP contribution in [0.2, 0.25) is 0 Å². The van der Waals surface area contributed by atoms with Crippen LogP contribution < -0.4 is 0 Å². The van der Waals surface area contributed by atoms with E-state index in [1.807, 2.05) is 0 Å². The molecule has 0 aromatic rings. The fraction of sp³-hybridized carbons (Fsp3) is 0.923. The lowest BCUT2D eigenvalue weighted by Gasteiger charge is -2.34. The molecule has 17 heavy (non-hydrogen) atoms. The first-order valence-corrected chi connectivity index (χ1v) is 6.87. The summed E-state index contributed by atoms with van der Waals surface area (Å²) in [6.07, 6.45) is 6.25. The van der Waals surface area contributed by atoms with Crippen LogP contribution in [0.3, 0.4) is 0 Å². The number of ether oxygens (including phenoxy) is 2. The number of unbranched alkanes of at least 4 members (excludes halogenated alkanes) is 1. The molecule has 2 aliphatic heterocycles. The molecule has 0 aliphatic carbocycles. The lowest BCUT2D eigenvalue weighted by Crippen LogP contribution is -2.43. The Balaban J connectivity index is 1.67. The summed E-state index contributed by atoms with van der Waals surface area (Å²) in [5.74, 6) is 0. The third-order valence-corrected chi connectivity index (χ3v) is 3.74. The van der Waals surface area contributed by atoms with Gasteiger partial charge < -0.3 is 9.47 Å². The van der Waals surface area contributed by atoms with E-state index in [2.05, 4.69) is 11.8 Å². The SMILES string of the molecule is CCCCOC(=O)OC1CCC2CCCN2C1. The number of hydrogen-bond donors (Lipinski definition) is 0. The molecule has 4 heteroatoms. The van der Waals surface area contributed by atoms with Crippen molar-refractivity contribution < 1.29 is 14.3 Å². The summed E-state index contributed by atoms with van der Waals surface area (Å²) in [7, 11) is 0. The summed E-state index contributed by atoms with van der Waals surface area (Å²) in [6, 6.07) is 0.742. The van der Waals surface area contributed by atoms with Crippen LogP contribution in [0.1, 0.15) is 45.4 Å². The predicted octanol–water partition coefficient (Wildman–Crippen LogP) is 2.57. The van der Waals surface area contributed by atoms with Gasteiger partial charge in [-0.3, -0.25) is 4.90 Å². The van der Waals surface area contributed by atoms with Crippen LogP contribution in [0.25, 0.3) is 0 Å². The van der Waals surface area contributed by atoms with E-state index in [1.165, 1.54) is 12.8 Å². The minimum atomic E-state index is -0.485. The smallest absolute Gasteiger partial charge is 0.434 e. The molecule has 2 fully saturated rings. The predicted molar refractivity (Wildman–Crippen MR) is 65.0 cm³/mol. The lowest BCUT2D eigenvalue weighted by atomic mass is 10.0. The van der Waals surface area contributed by atoms with E-state index in [9.17, 15) is 4.79 Å². The van der Waals surface area contributed by atoms with Gasteiger partial charge in [0.15, 0.2) is 0 Å². The molecule has 2 unspecified atom stereocenters. The molecule has 0 bridgehead atoms. The van der Waals surface area contributed by atoms with Crippen molar-refractivity contribution >= 4 is 6.16 Å². The van der Waals surface area contributed by atoms with E-state index >= 15 is 0 Å². The van der Waals surface area contributed by atoms with Crippen molar-refractivity contribution in [3.05, 3.63) is 0 Å². The minimum absolute atomic E-state index is 0.0403. The van der Waals surface area contributed by atoms with Gasteiger partial charge in [0.05, 0.1) is 6.61 Å². The summed E-state index contributed by atoms with van der Waals surface area (Å²) in [6.45, 7) is 4.61. The fourth-order valence-corrected chi connectivity index (χ4v) is 2.76. The maximum absolute atomic E-state index is 11.4. The molecule has 0 N–H and O–H groups in total. The molecule has 0 amide bonds. The van der Waals surface area contributed by atoms with Gasteiger partial charge in [-0.05, 0) is 38.6 Å².